The van der Waals surface area contributed by atoms with Crippen LogP contribution in [0.1, 0.15) is 38.8 Å². The predicted octanol–water partition coefficient (Wildman–Crippen LogP) is 3.89. The lowest BCUT2D eigenvalue weighted by atomic mass is 10.0. The minimum atomic E-state index is -0.246. The Labute approximate surface area is 109 Å². The van der Waals surface area contributed by atoms with Crippen LogP contribution in [-0.2, 0) is 0 Å². The number of halogens is 1. The molecule has 1 atom stereocenters. The Morgan fingerprint density at radius 3 is 2.67 bits per heavy atom. The molecule has 0 bridgehead atoms. The maximum Gasteiger partial charge on any atom is 0.123 e. The summed E-state index contributed by atoms with van der Waals surface area (Å²) in [5, 5.41) is 0. The molecule has 0 aliphatic carbocycles. The van der Waals surface area contributed by atoms with Crippen molar-refractivity contribution in [2.24, 2.45) is 10.7 Å². The van der Waals surface area contributed by atoms with Gasteiger partial charge in [0.1, 0.15) is 5.82 Å². The van der Waals surface area contributed by atoms with Crippen LogP contribution in [0.3, 0.4) is 0 Å². The zero-order valence-corrected chi connectivity index (χ0v) is 11.7. The summed E-state index contributed by atoms with van der Waals surface area (Å²) in [5.41, 5.74) is 7.93. The quantitative estimate of drug-likeness (QED) is 0.809. The highest BCUT2D eigenvalue weighted by Gasteiger charge is 2.06. The minimum Gasteiger partial charge on any atom is -0.324 e. The van der Waals surface area contributed by atoms with Crippen molar-refractivity contribution in [2.45, 2.75) is 33.2 Å². The van der Waals surface area contributed by atoms with Gasteiger partial charge in [-0.15, -0.1) is 0 Å². The van der Waals surface area contributed by atoms with Crippen molar-refractivity contribution in [3.05, 3.63) is 47.3 Å². The van der Waals surface area contributed by atoms with E-state index in [0.717, 1.165) is 11.1 Å². The molecule has 2 N–H and O–H groups in total. The van der Waals surface area contributed by atoms with Crippen LogP contribution in [0.4, 0.5) is 4.39 Å². The number of hydrogen-bond acceptors (Lipinski definition) is 2. The van der Waals surface area contributed by atoms with E-state index in [1.54, 1.807) is 19.3 Å². The van der Waals surface area contributed by atoms with Crippen LogP contribution in [0.5, 0.6) is 0 Å². The predicted molar refractivity (Wildman–Crippen MR) is 77.5 cm³/mol. The van der Waals surface area contributed by atoms with Gasteiger partial charge in [-0.3, -0.25) is 4.99 Å². The largest absolute Gasteiger partial charge is 0.324 e. The van der Waals surface area contributed by atoms with Crippen molar-refractivity contribution in [1.82, 2.24) is 0 Å². The monoisotopic (exact) mass is 250 g/mol. The molecule has 1 aromatic carbocycles. The van der Waals surface area contributed by atoms with Crippen LogP contribution in [0.15, 0.2) is 40.9 Å². The highest BCUT2D eigenvalue weighted by molar-refractivity contribution is 5.71. The van der Waals surface area contributed by atoms with E-state index >= 15 is 0 Å². The molecule has 0 heterocycles. The van der Waals surface area contributed by atoms with E-state index in [9.17, 15) is 4.39 Å². The highest BCUT2D eigenvalue weighted by atomic mass is 19.1. The van der Waals surface area contributed by atoms with Gasteiger partial charge in [-0.05, 0) is 37.1 Å². The fourth-order valence-electron chi connectivity index (χ4n) is 1.47. The first-order valence-corrected chi connectivity index (χ1v) is 6.22. The SMILES string of the molecule is CC.CN=C/C=C(\C)CC(N)c1cccc(F)c1. The number of benzene rings is 1. The summed E-state index contributed by atoms with van der Waals surface area (Å²) in [6.07, 6.45) is 4.35. The Balaban J connectivity index is 0.00000137. The Bertz CT molecular complexity index is 397. The number of hydrogen-bond donors (Lipinski definition) is 1. The van der Waals surface area contributed by atoms with E-state index in [2.05, 4.69) is 4.99 Å². The van der Waals surface area contributed by atoms with Gasteiger partial charge in [-0.2, -0.15) is 0 Å². The Morgan fingerprint density at radius 1 is 1.44 bits per heavy atom. The number of aliphatic imine (C=N–C) groups is 1. The second kappa shape index (κ2) is 9.54. The van der Waals surface area contributed by atoms with Gasteiger partial charge in [0.05, 0.1) is 0 Å². The molecule has 0 amide bonds. The average molecular weight is 250 g/mol. The van der Waals surface area contributed by atoms with Gasteiger partial charge in [0.25, 0.3) is 0 Å². The first-order chi connectivity index (χ1) is 8.63. The molecule has 0 spiro atoms. The standard InChI is InChI=1S/C13H17FN2.C2H6/c1-10(6-7-16-2)8-13(15)11-4-3-5-12(14)9-11;1-2/h3-7,9,13H,8,15H2,1-2H3;1-2H3/b10-6+,16-7?;. The molecular weight excluding hydrogens is 227 g/mol. The van der Waals surface area contributed by atoms with E-state index in [0.29, 0.717) is 6.42 Å². The molecule has 0 aromatic heterocycles. The summed E-state index contributed by atoms with van der Waals surface area (Å²) in [5.74, 6) is -0.246. The number of nitrogens with zero attached hydrogens (tertiary/aromatic N) is 1. The number of nitrogens with two attached hydrogens (primary N) is 1. The lowest BCUT2D eigenvalue weighted by Crippen LogP contribution is -2.10. The van der Waals surface area contributed by atoms with E-state index in [1.165, 1.54) is 12.1 Å². The molecule has 0 saturated carbocycles. The summed E-state index contributed by atoms with van der Waals surface area (Å²) in [6.45, 7) is 5.99. The van der Waals surface area contributed by atoms with Crippen molar-refractivity contribution >= 4 is 6.21 Å². The molecule has 1 aromatic rings. The van der Waals surface area contributed by atoms with Crippen molar-refractivity contribution in [2.75, 3.05) is 7.05 Å². The second-order valence-electron chi connectivity index (χ2n) is 3.79. The normalized spacial score (nSPS) is 13.1. The van der Waals surface area contributed by atoms with E-state index in [-0.39, 0.29) is 11.9 Å². The second-order valence-corrected chi connectivity index (χ2v) is 3.79. The van der Waals surface area contributed by atoms with Crippen LogP contribution in [0.25, 0.3) is 0 Å². The highest BCUT2D eigenvalue weighted by Crippen LogP contribution is 2.18. The third-order valence-corrected chi connectivity index (χ3v) is 2.33. The molecule has 3 heteroatoms. The van der Waals surface area contributed by atoms with Crippen LogP contribution in [0, 0.1) is 5.82 Å². The molecule has 0 fully saturated rings. The molecule has 100 valence electrons. The zero-order valence-electron chi connectivity index (χ0n) is 11.7. The Morgan fingerprint density at radius 2 is 2.11 bits per heavy atom. The van der Waals surface area contributed by atoms with E-state index in [1.807, 2.05) is 32.9 Å². The van der Waals surface area contributed by atoms with Crippen LogP contribution in [0.2, 0.25) is 0 Å². The number of allylic oxidation sites excluding steroid dienone is 1. The maximum absolute atomic E-state index is 13.0. The van der Waals surface area contributed by atoms with Gasteiger partial charge in [0, 0.05) is 19.3 Å². The Kier molecular flexibility index (Phi) is 8.76. The lowest BCUT2D eigenvalue weighted by Gasteiger charge is -2.12. The summed E-state index contributed by atoms with van der Waals surface area (Å²) >= 11 is 0. The Hall–Kier alpha value is -1.48. The van der Waals surface area contributed by atoms with Gasteiger partial charge in [-0.1, -0.05) is 31.6 Å². The van der Waals surface area contributed by atoms with Crippen LogP contribution in [-0.4, -0.2) is 13.3 Å². The van der Waals surface area contributed by atoms with Crippen molar-refractivity contribution in [3.63, 3.8) is 0 Å². The van der Waals surface area contributed by atoms with Gasteiger partial charge < -0.3 is 5.73 Å². The molecule has 0 radical (unpaired) electrons. The first-order valence-electron chi connectivity index (χ1n) is 6.22. The van der Waals surface area contributed by atoms with Crippen LogP contribution >= 0.6 is 0 Å². The summed E-state index contributed by atoms with van der Waals surface area (Å²) in [6, 6.07) is 6.25. The van der Waals surface area contributed by atoms with E-state index < -0.39 is 0 Å². The maximum atomic E-state index is 13.0. The first kappa shape index (κ1) is 16.5. The zero-order chi connectivity index (χ0) is 14.0. The average Bonchev–Trinajstić information content (AvgIpc) is 2.38. The summed E-state index contributed by atoms with van der Waals surface area (Å²) in [4.78, 5) is 3.87. The number of rotatable bonds is 4. The minimum absolute atomic E-state index is 0.169. The topological polar surface area (TPSA) is 38.4 Å². The van der Waals surface area contributed by atoms with Gasteiger partial charge >= 0.3 is 0 Å². The van der Waals surface area contributed by atoms with Gasteiger partial charge in [0.15, 0.2) is 0 Å². The lowest BCUT2D eigenvalue weighted by molar-refractivity contribution is 0.618. The fraction of sp³-hybridized carbons (Fsp3) is 0.400. The fourth-order valence-corrected chi connectivity index (χ4v) is 1.47. The molecular formula is C15H23FN2. The van der Waals surface area contributed by atoms with E-state index in [4.69, 9.17) is 5.73 Å². The molecule has 0 saturated heterocycles. The third-order valence-electron chi connectivity index (χ3n) is 2.33. The van der Waals surface area contributed by atoms with Crippen molar-refractivity contribution in [1.29, 1.82) is 0 Å². The smallest absolute Gasteiger partial charge is 0.123 e. The summed E-state index contributed by atoms with van der Waals surface area (Å²) in [7, 11) is 1.72. The van der Waals surface area contributed by atoms with Gasteiger partial charge in [-0.25, -0.2) is 4.39 Å². The van der Waals surface area contributed by atoms with Crippen LogP contribution < -0.4 is 5.73 Å². The van der Waals surface area contributed by atoms with Gasteiger partial charge in [0.2, 0.25) is 0 Å². The molecule has 1 rings (SSSR count). The molecule has 2 nitrogen and oxygen atoms in total. The van der Waals surface area contributed by atoms with Crippen molar-refractivity contribution in [3.8, 4) is 0 Å². The third kappa shape index (κ3) is 6.30. The van der Waals surface area contributed by atoms with Crippen molar-refractivity contribution < 1.29 is 4.39 Å². The molecule has 18 heavy (non-hydrogen) atoms. The molecule has 1 unspecified atom stereocenters. The molecule has 0 aliphatic rings. The summed E-state index contributed by atoms with van der Waals surface area (Å²) < 4.78 is 13.0. The molecule has 0 aliphatic heterocycles.